The molecule has 2 rings (SSSR count). The molecule has 0 aliphatic rings. The number of ether oxygens (including phenoxy) is 1. The highest BCUT2D eigenvalue weighted by Crippen LogP contribution is 2.22. The number of non-ortho nitro benzene ring substituents is 1. The van der Waals surface area contributed by atoms with Crippen molar-refractivity contribution in [2.45, 2.75) is 26.3 Å². The first-order valence-electron chi connectivity index (χ1n) is 8.79. The SMILES string of the molecule is CC(=O)N[C@@H](CC(=O)OCC(=O)Nc1cc([N+](=O)[O-])ccc1C)c1ccccc1. The number of hydrogen-bond donors (Lipinski definition) is 2. The Hall–Kier alpha value is -3.75. The zero-order chi connectivity index (χ0) is 21.4. The van der Waals surface area contributed by atoms with Gasteiger partial charge in [-0.25, -0.2) is 0 Å². The molecule has 152 valence electrons. The molecule has 0 radical (unpaired) electrons. The Labute approximate surface area is 167 Å². The molecule has 0 aromatic heterocycles. The van der Waals surface area contributed by atoms with Crippen LogP contribution in [0.4, 0.5) is 11.4 Å². The lowest BCUT2D eigenvalue weighted by Crippen LogP contribution is -2.29. The number of benzene rings is 2. The maximum absolute atomic E-state index is 12.1. The molecule has 9 heteroatoms. The first kappa shape index (κ1) is 21.5. The van der Waals surface area contributed by atoms with Crippen LogP contribution in [0.2, 0.25) is 0 Å². The highest BCUT2D eigenvalue weighted by atomic mass is 16.6. The molecule has 2 amide bonds. The van der Waals surface area contributed by atoms with E-state index in [2.05, 4.69) is 10.6 Å². The van der Waals surface area contributed by atoms with Crippen LogP contribution in [0.25, 0.3) is 0 Å². The van der Waals surface area contributed by atoms with Crippen molar-refractivity contribution in [2.24, 2.45) is 0 Å². The van der Waals surface area contributed by atoms with Gasteiger partial charge in [-0.1, -0.05) is 36.4 Å². The van der Waals surface area contributed by atoms with Crippen molar-refractivity contribution in [1.82, 2.24) is 5.32 Å². The van der Waals surface area contributed by atoms with Crippen LogP contribution in [0.15, 0.2) is 48.5 Å². The van der Waals surface area contributed by atoms with Gasteiger partial charge in [-0.15, -0.1) is 0 Å². The van der Waals surface area contributed by atoms with Crippen molar-refractivity contribution in [3.63, 3.8) is 0 Å². The van der Waals surface area contributed by atoms with Gasteiger partial charge in [0.2, 0.25) is 5.91 Å². The number of carbonyl (C=O) groups excluding carboxylic acids is 3. The molecule has 0 heterocycles. The molecular formula is C20H21N3O6. The predicted molar refractivity (Wildman–Crippen MR) is 105 cm³/mol. The second-order valence-corrected chi connectivity index (χ2v) is 6.33. The molecule has 0 saturated heterocycles. The molecule has 0 aliphatic carbocycles. The van der Waals surface area contributed by atoms with Gasteiger partial charge in [0.05, 0.1) is 23.1 Å². The van der Waals surface area contributed by atoms with E-state index in [0.29, 0.717) is 5.56 Å². The molecular weight excluding hydrogens is 378 g/mol. The monoisotopic (exact) mass is 399 g/mol. The Kier molecular flexibility index (Phi) is 7.41. The van der Waals surface area contributed by atoms with Gasteiger partial charge >= 0.3 is 5.97 Å². The van der Waals surface area contributed by atoms with E-state index in [9.17, 15) is 24.5 Å². The minimum Gasteiger partial charge on any atom is -0.455 e. The number of nitrogens with zero attached hydrogens (tertiary/aromatic N) is 1. The van der Waals surface area contributed by atoms with Crippen LogP contribution >= 0.6 is 0 Å². The third kappa shape index (κ3) is 6.73. The van der Waals surface area contributed by atoms with Crippen LogP contribution in [0, 0.1) is 17.0 Å². The van der Waals surface area contributed by atoms with Crippen LogP contribution in [-0.2, 0) is 19.1 Å². The van der Waals surface area contributed by atoms with Crippen molar-refractivity contribution >= 4 is 29.2 Å². The van der Waals surface area contributed by atoms with Gasteiger partial charge in [0.25, 0.3) is 11.6 Å². The first-order chi connectivity index (χ1) is 13.8. The van der Waals surface area contributed by atoms with Crippen LogP contribution < -0.4 is 10.6 Å². The number of nitro benzene ring substituents is 1. The van der Waals surface area contributed by atoms with Crippen molar-refractivity contribution in [3.05, 3.63) is 69.8 Å². The van der Waals surface area contributed by atoms with Gasteiger partial charge in [-0.2, -0.15) is 0 Å². The van der Waals surface area contributed by atoms with E-state index < -0.39 is 29.4 Å². The minimum atomic E-state index is -0.668. The van der Waals surface area contributed by atoms with Crippen molar-refractivity contribution in [2.75, 3.05) is 11.9 Å². The van der Waals surface area contributed by atoms with Gasteiger partial charge in [0, 0.05) is 19.1 Å². The van der Waals surface area contributed by atoms with Gasteiger partial charge in [0.15, 0.2) is 6.61 Å². The van der Waals surface area contributed by atoms with Crippen molar-refractivity contribution < 1.29 is 24.0 Å². The summed E-state index contributed by atoms with van der Waals surface area (Å²) >= 11 is 0. The molecule has 29 heavy (non-hydrogen) atoms. The van der Waals surface area contributed by atoms with Crippen LogP contribution in [-0.4, -0.2) is 29.3 Å². The Balaban J connectivity index is 1.94. The highest BCUT2D eigenvalue weighted by Gasteiger charge is 2.19. The van der Waals surface area contributed by atoms with Gasteiger partial charge in [-0.05, 0) is 18.1 Å². The number of anilines is 1. The lowest BCUT2D eigenvalue weighted by atomic mass is 10.0. The third-order valence-electron chi connectivity index (χ3n) is 4.02. The largest absolute Gasteiger partial charge is 0.455 e. The summed E-state index contributed by atoms with van der Waals surface area (Å²) in [5.74, 6) is -1.60. The summed E-state index contributed by atoms with van der Waals surface area (Å²) in [6.07, 6.45) is -0.146. The predicted octanol–water partition coefficient (Wildman–Crippen LogP) is 2.65. The molecule has 0 unspecified atom stereocenters. The molecule has 2 aromatic carbocycles. The smallest absolute Gasteiger partial charge is 0.308 e. The number of nitro groups is 1. The second-order valence-electron chi connectivity index (χ2n) is 6.33. The third-order valence-corrected chi connectivity index (χ3v) is 4.02. The van der Waals surface area contributed by atoms with E-state index in [1.54, 1.807) is 31.2 Å². The molecule has 9 nitrogen and oxygen atoms in total. The lowest BCUT2D eigenvalue weighted by molar-refractivity contribution is -0.384. The van der Waals surface area contributed by atoms with E-state index in [-0.39, 0.29) is 23.7 Å². The Morgan fingerprint density at radius 1 is 1.14 bits per heavy atom. The standard InChI is InChI=1S/C20H21N3O6/c1-13-8-9-16(23(27)28)10-17(13)22-19(25)12-29-20(26)11-18(21-14(2)24)15-6-4-3-5-7-15/h3-10,18H,11-12H2,1-2H3,(H,21,24)(H,22,25)/t18-/m0/s1. The number of nitrogens with one attached hydrogen (secondary N) is 2. The highest BCUT2D eigenvalue weighted by molar-refractivity contribution is 5.93. The first-order valence-corrected chi connectivity index (χ1v) is 8.79. The summed E-state index contributed by atoms with van der Waals surface area (Å²) in [4.78, 5) is 45.9. The summed E-state index contributed by atoms with van der Waals surface area (Å²) in [6.45, 7) is 2.47. The van der Waals surface area contributed by atoms with E-state index >= 15 is 0 Å². The molecule has 0 spiro atoms. The summed E-state index contributed by atoms with van der Waals surface area (Å²) in [6, 6.07) is 12.4. The fraction of sp³-hybridized carbons (Fsp3) is 0.250. The molecule has 2 N–H and O–H groups in total. The number of carbonyl (C=O) groups is 3. The summed E-state index contributed by atoms with van der Waals surface area (Å²) < 4.78 is 4.99. The maximum atomic E-state index is 12.1. The Morgan fingerprint density at radius 2 is 1.83 bits per heavy atom. The average Bonchev–Trinajstić information content (AvgIpc) is 2.67. The zero-order valence-electron chi connectivity index (χ0n) is 16.0. The lowest BCUT2D eigenvalue weighted by Gasteiger charge is -2.17. The van der Waals surface area contributed by atoms with Crippen LogP contribution in [0.3, 0.4) is 0 Å². The topological polar surface area (TPSA) is 128 Å². The van der Waals surface area contributed by atoms with Gasteiger partial charge in [-0.3, -0.25) is 24.5 Å². The van der Waals surface area contributed by atoms with E-state index in [0.717, 1.165) is 5.56 Å². The molecule has 0 saturated carbocycles. The molecule has 2 aromatic rings. The second kappa shape index (κ2) is 9.98. The van der Waals surface area contributed by atoms with Gasteiger partial charge < -0.3 is 15.4 Å². The van der Waals surface area contributed by atoms with Gasteiger partial charge in [0.1, 0.15) is 0 Å². The molecule has 1 atom stereocenters. The number of amides is 2. The molecule has 0 bridgehead atoms. The van der Waals surface area contributed by atoms with Crippen LogP contribution in [0.5, 0.6) is 0 Å². The van der Waals surface area contributed by atoms with Crippen LogP contribution in [0.1, 0.15) is 30.5 Å². The number of esters is 1. The number of rotatable bonds is 8. The molecule has 0 fully saturated rings. The summed E-state index contributed by atoms with van der Waals surface area (Å²) in [5, 5.41) is 16.0. The van der Waals surface area contributed by atoms with Crippen molar-refractivity contribution in [1.29, 1.82) is 0 Å². The number of aryl methyl sites for hydroxylation is 1. The quantitative estimate of drug-likeness (QED) is 0.399. The summed E-state index contributed by atoms with van der Waals surface area (Å²) in [5.41, 5.74) is 1.46. The summed E-state index contributed by atoms with van der Waals surface area (Å²) in [7, 11) is 0. The minimum absolute atomic E-state index is 0.146. The fourth-order valence-corrected chi connectivity index (χ4v) is 2.60. The zero-order valence-corrected chi connectivity index (χ0v) is 16.0. The van der Waals surface area contributed by atoms with E-state index in [4.69, 9.17) is 4.74 Å². The Morgan fingerprint density at radius 3 is 2.45 bits per heavy atom. The fourth-order valence-electron chi connectivity index (χ4n) is 2.60. The van der Waals surface area contributed by atoms with E-state index in [1.165, 1.54) is 25.1 Å². The normalized spacial score (nSPS) is 11.2. The Bertz CT molecular complexity index is 914. The van der Waals surface area contributed by atoms with Crippen molar-refractivity contribution in [3.8, 4) is 0 Å². The maximum Gasteiger partial charge on any atom is 0.308 e. The van der Waals surface area contributed by atoms with E-state index in [1.807, 2.05) is 6.07 Å². The molecule has 0 aliphatic heterocycles. The average molecular weight is 399 g/mol. The number of hydrogen-bond acceptors (Lipinski definition) is 6.